The van der Waals surface area contributed by atoms with E-state index < -0.39 is 15.8 Å². The van der Waals surface area contributed by atoms with Crippen LogP contribution < -0.4 is 10.0 Å². The van der Waals surface area contributed by atoms with Crippen molar-refractivity contribution in [3.05, 3.63) is 59.9 Å². The second-order valence-electron chi connectivity index (χ2n) is 7.35. The summed E-state index contributed by atoms with van der Waals surface area (Å²) in [4.78, 5) is 13.9. The number of piperidine rings is 1. The number of hydrogen-bond acceptors (Lipinski definition) is 3. The zero-order chi connectivity index (χ0) is 20.9. The number of aryl methyl sites for hydroxylation is 1. The van der Waals surface area contributed by atoms with Crippen LogP contribution in [0.2, 0.25) is 0 Å². The van der Waals surface area contributed by atoms with E-state index in [2.05, 4.69) is 10.0 Å². The summed E-state index contributed by atoms with van der Waals surface area (Å²) in [6, 6.07) is 12.9. The van der Waals surface area contributed by atoms with E-state index >= 15 is 0 Å². The molecule has 2 aromatic rings. The first kappa shape index (κ1) is 21.3. The number of anilines is 1. The van der Waals surface area contributed by atoms with Gasteiger partial charge < -0.3 is 10.2 Å². The second kappa shape index (κ2) is 9.37. The molecule has 0 spiro atoms. The largest absolute Gasteiger partial charge is 0.325 e. The number of sulfonamides is 1. The van der Waals surface area contributed by atoms with Crippen LogP contribution in [-0.4, -0.2) is 39.0 Å². The average molecular weight is 420 g/mol. The van der Waals surface area contributed by atoms with Crippen LogP contribution in [0.4, 0.5) is 14.9 Å². The molecule has 156 valence electrons. The average Bonchev–Trinajstić information content (AvgIpc) is 2.68. The van der Waals surface area contributed by atoms with Crippen molar-refractivity contribution in [1.29, 1.82) is 0 Å². The summed E-state index contributed by atoms with van der Waals surface area (Å²) in [6.45, 7) is 3.48. The van der Waals surface area contributed by atoms with Gasteiger partial charge in [0.2, 0.25) is 10.0 Å². The quantitative estimate of drug-likeness (QED) is 0.749. The van der Waals surface area contributed by atoms with Gasteiger partial charge in [0.25, 0.3) is 0 Å². The van der Waals surface area contributed by atoms with Gasteiger partial charge in [-0.05, 0) is 61.9 Å². The first-order chi connectivity index (χ1) is 13.8. The van der Waals surface area contributed by atoms with Gasteiger partial charge in [0, 0.05) is 25.3 Å². The number of rotatable bonds is 6. The fourth-order valence-electron chi connectivity index (χ4n) is 3.49. The number of carbonyl (C=O) groups excluding carboxylic acids is 1. The standard InChI is InChI=1S/C21H26FN3O3S/c1-16-5-4-6-18(15-16)24-21(26)25-13-10-17(11-14-25)9-12-23-29(27,28)20-8-3-2-7-19(20)22/h2-8,15,17,23H,9-14H2,1H3,(H,24,26). The molecule has 0 aliphatic carbocycles. The number of carbonyl (C=O) groups is 1. The molecule has 1 saturated heterocycles. The molecule has 0 saturated carbocycles. The van der Waals surface area contributed by atoms with Gasteiger partial charge in [-0.2, -0.15) is 0 Å². The molecule has 1 heterocycles. The third-order valence-corrected chi connectivity index (χ3v) is 6.64. The molecule has 0 aromatic heterocycles. The highest BCUT2D eigenvalue weighted by atomic mass is 32.2. The fraction of sp³-hybridized carbons (Fsp3) is 0.381. The third-order valence-electron chi connectivity index (χ3n) is 5.14. The Bertz CT molecular complexity index is 957. The Hall–Kier alpha value is -2.45. The second-order valence-corrected chi connectivity index (χ2v) is 9.08. The van der Waals surface area contributed by atoms with Crippen molar-refractivity contribution >= 4 is 21.7 Å². The SMILES string of the molecule is Cc1cccc(NC(=O)N2CCC(CCNS(=O)(=O)c3ccccc3F)CC2)c1. The van der Waals surface area contributed by atoms with Gasteiger partial charge in [-0.15, -0.1) is 0 Å². The van der Waals surface area contributed by atoms with E-state index in [-0.39, 0.29) is 17.5 Å². The van der Waals surface area contributed by atoms with Crippen molar-refractivity contribution in [2.75, 3.05) is 25.0 Å². The molecule has 2 amide bonds. The molecule has 1 fully saturated rings. The minimum Gasteiger partial charge on any atom is -0.325 e. The Labute approximate surface area is 171 Å². The van der Waals surface area contributed by atoms with Crippen LogP contribution in [0.3, 0.4) is 0 Å². The van der Waals surface area contributed by atoms with Crippen LogP contribution in [0.25, 0.3) is 0 Å². The molecule has 8 heteroatoms. The smallest absolute Gasteiger partial charge is 0.321 e. The Kier molecular flexibility index (Phi) is 6.87. The molecule has 0 bridgehead atoms. The van der Waals surface area contributed by atoms with E-state index in [0.717, 1.165) is 30.2 Å². The highest BCUT2D eigenvalue weighted by Crippen LogP contribution is 2.22. The molecule has 1 aliphatic heterocycles. The van der Waals surface area contributed by atoms with Crippen LogP contribution in [-0.2, 0) is 10.0 Å². The molecule has 29 heavy (non-hydrogen) atoms. The number of likely N-dealkylation sites (tertiary alicyclic amines) is 1. The Morgan fingerprint density at radius 1 is 1.14 bits per heavy atom. The van der Waals surface area contributed by atoms with Gasteiger partial charge >= 0.3 is 6.03 Å². The number of urea groups is 1. The maximum absolute atomic E-state index is 13.7. The molecule has 2 N–H and O–H groups in total. The van der Waals surface area contributed by atoms with E-state index in [0.29, 0.717) is 25.4 Å². The van der Waals surface area contributed by atoms with Crippen molar-refractivity contribution in [2.45, 2.75) is 31.1 Å². The lowest BCUT2D eigenvalue weighted by atomic mass is 9.94. The Balaban J connectivity index is 1.43. The predicted molar refractivity (Wildman–Crippen MR) is 111 cm³/mol. The maximum atomic E-state index is 13.7. The third kappa shape index (κ3) is 5.77. The number of halogens is 1. The normalized spacial score (nSPS) is 15.3. The van der Waals surface area contributed by atoms with Gasteiger partial charge in [-0.3, -0.25) is 0 Å². The van der Waals surface area contributed by atoms with Crippen LogP contribution in [0.5, 0.6) is 0 Å². The lowest BCUT2D eigenvalue weighted by molar-refractivity contribution is 0.180. The molecular formula is C21H26FN3O3S. The molecule has 0 atom stereocenters. The minimum absolute atomic E-state index is 0.116. The van der Waals surface area contributed by atoms with E-state index in [1.54, 1.807) is 4.90 Å². The maximum Gasteiger partial charge on any atom is 0.321 e. The van der Waals surface area contributed by atoms with E-state index in [1.807, 2.05) is 31.2 Å². The van der Waals surface area contributed by atoms with Crippen LogP contribution in [0.15, 0.2) is 53.4 Å². The lowest BCUT2D eigenvalue weighted by Gasteiger charge is -2.32. The first-order valence-electron chi connectivity index (χ1n) is 9.72. The molecule has 0 radical (unpaired) electrons. The van der Waals surface area contributed by atoms with Crippen LogP contribution in [0, 0.1) is 18.7 Å². The highest BCUT2D eigenvalue weighted by molar-refractivity contribution is 7.89. The van der Waals surface area contributed by atoms with Gasteiger partial charge in [0.05, 0.1) is 0 Å². The molecule has 6 nitrogen and oxygen atoms in total. The van der Waals surface area contributed by atoms with E-state index in [4.69, 9.17) is 0 Å². The first-order valence-corrected chi connectivity index (χ1v) is 11.2. The number of benzene rings is 2. The van der Waals surface area contributed by atoms with Gasteiger partial charge in [-0.1, -0.05) is 24.3 Å². The molecule has 3 rings (SSSR count). The van der Waals surface area contributed by atoms with Crippen LogP contribution in [0.1, 0.15) is 24.8 Å². The topological polar surface area (TPSA) is 78.5 Å². The summed E-state index contributed by atoms with van der Waals surface area (Å²) in [5.74, 6) is -0.436. The summed E-state index contributed by atoms with van der Waals surface area (Å²) >= 11 is 0. The summed E-state index contributed by atoms with van der Waals surface area (Å²) in [5.41, 5.74) is 1.86. The summed E-state index contributed by atoms with van der Waals surface area (Å²) in [5, 5.41) is 2.91. The number of amides is 2. The number of hydrogen-bond donors (Lipinski definition) is 2. The van der Waals surface area contributed by atoms with E-state index in [1.165, 1.54) is 18.2 Å². The highest BCUT2D eigenvalue weighted by Gasteiger charge is 2.24. The van der Waals surface area contributed by atoms with Gasteiger partial charge in [0.1, 0.15) is 10.7 Å². The predicted octanol–water partition coefficient (Wildman–Crippen LogP) is 3.75. The van der Waals surface area contributed by atoms with E-state index in [9.17, 15) is 17.6 Å². The fourth-order valence-corrected chi connectivity index (χ4v) is 4.61. The number of nitrogens with one attached hydrogen (secondary N) is 2. The number of nitrogens with zero attached hydrogens (tertiary/aromatic N) is 1. The van der Waals surface area contributed by atoms with Crippen LogP contribution >= 0.6 is 0 Å². The van der Waals surface area contributed by atoms with Gasteiger partial charge in [0.15, 0.2) is 0 Å². The molecule has 2 aromatic carbocycles. The summed E-state index contributed by atoms with van der Waals surface area (Å²) in [7, 11) is -3.85. The zero-order valence-corrected chi connectivity index (χ0v) is 17.2. The monoisotopic (exact) mass is 419 g/mol. The molecular weight excluding hydrogens is 393 g/mol. The zero-order valence-electron chi connectivity index (χ0n) is 16.4. The summed E-state index contributed by atoms with van der Waals surface area (Å²) in [6.07, 6.45) is 2.27. The summed E-state index contributed by atoms with van der Waals surface area (Å²) < 4.78 is 40.6. The van der Waals surface area contributed by atoms with Crippen molar-refractivity contribution in [3.63, 3.8) is 0 Å². The molecule has 0 unspecified atom stereocenters. The lowest BCUT2D eigenvalue weighted by Crippen LogP contribution is -2.41. The Morgan fingerprint density at radius 2 is 1.86 bits per heavy atom. The van der Waals surface area contributed by atoms with Crippen molar-refractivity contribution < 1.29 is 17.6 Å². The van der Waals surface area contributed by atoms with Crippen molar-refractivity contribution in [3.8, 4) is 0 Å². The Morgan fingerprint density at radius 3 is 2.55 bits per heavy atom. The minimum atomic E-state index is -3.85. The van der Waals surface area contributed by atoms with Crippen molar-refractivity contribution in [2.24, 2.45) is 5.92 Å². The molecule has 1 aliphatic rings. The van der Waals surface area contributed by atoms with Gasteiger partial charge in [-0.25, -0.2) is 22.3 Å². The van der Waals surface area contributed by atoms with Crippen molar-refractivity contribution in [1.82, 2.24) is 9.62 Å².